The van der Waals surface area contributed by atoms with E-state index in [9.17, 15) is 4.39 Å². The first-order valence-corrected chi connectivity index (χ1v) is 4.07. The summed E-state index contributed by atoms with van der Waals surface area (Å²) in [4.78, 5) is 0. The fraction of sp³-hybridized carbons (Fsp3) is 0.250. The maximum absolute atomic E-state index is 13.2. The summed E-state index contributed by atoms with van der Waals surface area (Å²) in [6.07, 6.45) is 0. The zero-order valence-corrected chi connectivity index (χ0v) is 7.24. The molecule has 11 heavy (non-hydrogen) atoms. The van der Waals surface area contributed by atoms with Crippen LogP contribution in [0.2, 0.25) is 0 Å². The van der Waals surface area contributed by atoms with E-state index >= 15 is 0 Å². The van der Waals surface area contributed by atoms with Crippen LogP contribution in [0.15, 0.2) is 30.3 Å². The molecule has 1 aromatic carbocycles. The predicted octanol–water partition coefficient (Wildman–Crippen LogP) is 3.29. The minimum atomic E-state index is -1.93. The minimum absolute atomic E-state index is 0.238. The lowest BCUT2D eigenvalue weighted by Gasteiger charge is -2.13. The van der Waals surface area contributed by atoms with Crippen molar-refractivity contribution in [2.45, 2.75) is 5.13 Å². The second kappa shape index (κ2) is 3.42. The summed E-state index contributed by atoms with van der Waals surface area (Å²) in [6, 6.07) is 8.45. The van der Waals surface area contributed by atoms with Crippen LogP contribution in [0, 0.1) is 0 Å². The first-order chi connectivity index (χ1) is 5.17. The summed E-state index contributed by atoms with van der Waals surface area (Å²) in [6.45, 7) is 0. The normalized spacial score (nSPS) is 15.9. The van der Waals surface area contributed by atoms with E-state index in [4.69, 9.17) is 23.2 Å². The molecule has 1 unspecified atom stereocenters. The Morgan fingerprint density at radius 3 is 2.27 bits per heavy atom. The highest BCUT2D eigenvalue weighted by Crippen LogP contribution is 2.31. The molecule has 0 saturated carbocycles. The van der Waals surface area contributed by atoms with Gasteiger partial charge in [0.1, 0.15) is 0 Å². The number of benzene rings is 1. The Bertz CT molecular complexity index is 221. The van der Waals surface area contributed by atoms with Crippen LogP contribution in [0.4, 0.5) is 4.39 Å². The molecule has 0 aromatic heterocycles. The van der Waals surface area contributed by atoms with E-state index in [1.165, 1.54) is 0 Å². The van der Waals surface area contributed by atoms with Gasteiger partial charge in [-0.3, -0.25) is 0 Å². The molecule has 0 N–H and O–H groups in total. The van der Waals surface area contributed by atoms with Crippen molar-refractivity contribution in [1.82, 2.24) is 0 Å². The van der Waals surface area contributed by atoms with Gasteiger partial charge in [-0.05, 0) is 0 Å². The van der Waals surface area contributed by atoms with Crippen LogP contribution in [0.1, 0.15) is 5.56 Å². The number of halogens is 3. The van der Waals surface area contributed by atoms with Crippen LogP contribution in [0.3, 0.4) is 0 Å². The van der Waals surface area contributed by atoms with Gasteiger partial charge >= 0.3 is 0 Å². The molecule has 0 aliphatic heterocycles. The molecule has 1 rings (SSSR count). The average Bonchev–Trinajstić information content (AvgIpc) is 2.06. The van der Waals surface area contributed by atoms with Crippen molar-refractivity contribution in [3.05, 3.63) is 35.9 Å². The quantitative estimate of drug-likeness (QED) is 0.632. The predicted molar refractivity (Wildman–Crippen MR) is 45.8 cm³/mol. The largest absolute Gasteiger partial charge is 0.222 e. The lowest BCUT2D eigenvalue weighted by molar-refractivity contribution is 0.319. The fourth-order valence-corrected chi connectivity index (χ4v) is 1.04. The first-order valence-electron chi connectivity index (χ1n) is 3.16. The summed E-state index contributed by atoms with van der Waals surface area (Å²) in [5.41, 5.74) is 0.400. The van der Waals surface area contributed by atoms with Crippen molar-refractivity contribution in [2.75, 3.05) is 5.88 Å². The molecule has 1 atom stereocenters. The molecule has 0 aliphatic rings. The van der Waals surface area contributed by atoms with Crippen molar-refractivity contribution < 1.29 is 4.39 Å². The zero-order valence-electron chi connectivity index (χ0n) is 5.73. The van der Waals surface area contributed by atoms with Gasteiger partial charge in [0.25, 0.3) is 0 Å². The maximum Gasteiger partial charge on any atom is 0.222 e. The first kappa shape index (κ1) is 8.82. The Balaban J connectivity index is 2.93. The van der Waals surface area contributed by atoms with Crippen LogP contribution >= 0.6 is 23.2 Å². The van der Waals surface area contributed by atoms with E-state index in [-0.39, 0.29) is 5.88 Å². The number of alkyl halides is 3. The summed E-state index contributed by atoms with van der Waals surface area (Å²) in [5.74, 6) is -0.238. The Kier molecular flexibility index (Phi) is 2.74. The highest BCUT2D eigenvalue weighted by Gasteiger charge is 2.26. The molecule has 0 bridgehead atoms. The van der Waals surface area contributed by atoms with Crippen LogP contribution in [-0.4, -0.2) is 5.88 Å². The van der Waals surface area contributed by atoms with Gasteiger partial charge in [-0.25, -0.2) is 4.39 Å². The van der Waals surface area contributed by atoms with Crippen LogP contribution in [0.5, 0.6) is 0 Å². The molecule has 0 aliphatic carbocycles. The van der Waals surface area contributed by atoms with E-state index in [1.807, 2.05) is 0 Å². The monoisotopic (exact) mass is 192 g/mol. The fourth-order valence-electron chi connectivity index (χ4n) is 0.759. The maximum atomic E-state index is 13.2. The molecule has 0 heterocycles. The summed E-state index contributed by atoms with van der Waals surface area (Å²) in [5, 5.41) is -1.93. The van der Waals surface area contributed by atoms with Gasteiger partial charge in [-0.2, -0.15) is 0 Å². The van der Waals surface area contributed by atoms with Gasteiger partial charge in [0.05, 0.1) is 5.88 Å². The summed E-state index contributed by atoms with van der Waals surface area (Å²) < 4.78 is 13.2. The van der Waals surface area contributed by atoms with Crippen molar-refractivity contribution in [1.29, 1.82) is 0 Å². The van der Waals surface area contributed by atoms with Gasteiger partial charge in [0, 0.05) is 5.56 Å². The molecule has 0 fully saturated rings. The molecule has 0 nitrogen and oxygen atoms in total. The van der Waals surface area contributed by atoms with E-state index < -0.39 is 5.13 Å². The number of hydrogen-bond donors (Lipinski definition) is 0. The minimum Gasteiger partial charge on any atom is -0.220 e. The van der Waals surface area contributed by atoms with Gasteiger partial charge in [-0.1, -0.05) is 41.9 Å². The lowest BCUT2D eigenvalue weighted by Crippen LogP contribution is -2.12. The Labute approximate surface area is 74.9 Å². The Hall–Kier alpha value is -0.270. The highest BCUT2D eigenvalue weighted by atomic mass is 35.5. The third kappa shape index (κ3) is 2.08. The second-order valence-corrected chi connectivity index (χ2v) is 3.07. The second-order valence-electron chi connectivity index (χ2n) is 2.20. The van der Waals surface area contributed by atoms with Crippen molar-refractivity contribution >= 4 is 23.2 Å². The van der Waals surface area contributed by atoms with Gasteiger partial charge in [-0.15, -0.1) is 11.6 Å². The molecule has 0 amide bonds. The topological polar surface area (TPSA) is 0 Å². The SMILES string of the molecule is FC(Cl)(CCl)c1ccccc1. The van der Waals surface area contributed by atoms with E-state index in [0.717, 1.165) is 0 Å². The van der Waals surface area contributed by atoms with Crippen LogP contribution < -0.4 is 0 Å². The van der Waals surface area contributed by atoms with Crippen LogP contribution in [-0.2, 0) is 5.13 Å². The number of rotatable bonds is 2. The summed E-state index contributed by atoms with van der Waals surface area (Å²) in [7, 11) is 0. The van der Waals surface area contributed by atoms with E-state index in [2.05, 4.69) is 0 Å². The van der Waals surface area contributed by atoms with Crippen molar-refractivity contribution in [3.63, 3.8) is 0 Å². The molecule has 60 valence electrons. The summed E-state index contributed by atoms with van der Waals surface area (Å²) >= 11 is 10.8. The third-order valence-electron chi connectivity index (χ3n) is 1.36. The Morgan fingerprint density at radius 2 is 1.82 bits per heavy atom. The third-order valence-corrected chi connectivity index (χ3v) is 2.22. The standard InChI is InChI=1S/C8H7Cl2F/c9-6-8(10,11)7-4-2-1-3-5-7/h1-5H,6H2. The smallest absolute Gasteiger partial charge is 0.220 e. The van der Waals surface area contributed by atoms with E-state index in [0.29, 0.717) is 5.56 Å². The molecular formula is C8H7Cl2F. The lowest BCUT2D eigenvalue weighted by atomic mass is 10.1. The number of hydrogen-bond acceptors (Lipinski definition) is 0. The molecule has 3 heteroatoms. The van der Waals surface area contributed by atoms with Crippen molar-refractivity contribution in [3.8, 4) is 0 Å². The van der Waals surface area contributed by atoms with Gasteiger partial charge in [0.2, 0.25) is 5.13 Å². The highest BCUT2D eigenvalue weighted by molar-refractivity contribution is 6.29. The molecule has 1 aromatic rings. The van der Waals surface area contributed by atoms with Gasteiger partial charge < -0.3 is 0 Å². The zero-order chi connectivity index (χ0) is 8.32. The Morgan fingerprint density at radius 1 is 1.27 bits per heavy atom. The van der Waals surface area contributed by atoms with Crippen molar-refractivity contribution in [2.24, 2.45) is 0 Å². The molecule has 0 saturated heterocycles. The molecular weight excluding hydrogens is 186 g/mol. The van der Waals surface area contributed by atoms with Crippen LogP contribution in [0.25, 0.3) is 0 Å². The van der Waals surface area contributed by atoms with E-state index in [1.54, 1.807) is 30.3 Å². The van der Waals surface area contributed by atoms with Gasteiger partial charge in [0.15, 0.2) is 0 Å². The average molecular weight is 193 g/mol. The molecule has 0 radical (unpaired) electrons. The molecule has 0 spiro atoms.